The molecule has 1 amide bonds. The van der Waals surface area contributed by atoms with Gasteiger partial charge in [-0.25, -0.2) is 9.78 Å². The number of carbonyl (C=O) groups is 4. The van der Waals surface area contributed by atoms with Gasteiger partial charge in [-0.1, -0.05) is 25.1 Å². The fourth-order valence-corrected chi connectivity index (χ4v) is 4.79. The Labute approximate surface area is 210 Å². The number of benzene rings is 1. The summed E-state index contributed by atoms with van der Waals surface area (Å²) in [4.78, 5) is 66.4. The van der Waals surface area contributed by atoms with E-state index in [1.54, 1.807) is 17.6 Å². The Morgan fingerprint density at radius 3 is 2.73 bits per heavy atom. The van der Waals surface area contributed by atoms with Crippen LogP contribution in [0, 0.1) is 0 Å². The predicted octanol–water partition coefficient (Wildman–Crippen LogP) is 1.61. The van der Waals surface area contributed by atoms with Gasteiger partial charge in [-0.15, -0.1) is 0 Å². The van der Waals surface area contributed by atoms with Crippen LogP contribution in [-0.2, 0) is 47.4 Å². The lowest BCUT2D eigenvalue weighted by Gasteiger charge is -2.35. The number of esters is 2. The standard InChI is InChI=1S/C26H23N3O8/c1-2-26(37-22(33)11-27-20(30)7-8-21(31)32)17-10-19-23-15(9-14-5-3-4-6-18(14)28-23)12-29(19)24(34)16(17)13-36-25(26)35/h3-6,9-10H,2,7-8,11-13H2,1H3,(H,27,30)(H,31,32). The number of amides is 1. The van der Waals surface area contributed by atoms with Gasteiger partial charge in [-0.2, -0.15) is 0 Å². The molecule has 1 atom stereocenters. The molecule has 5 rings (SSSR count). The number of cyclic esters (lactones) is 1. The van der Waals surface area contributed by atoms with Crippen molar-refractivity contribution in [3.63, 3.8) is 0 Å². The molecule has 0 saturated carbocycles. The number of pyridine rings is 2. The summed E-state index contributed by atoms with van der Waals surface area (Å²) in [6.07, 6.45) is -0.714. The number of carboxylic acid groups (broad SMARTS) is 1. The van der Waals surface area contributed by atoms with E-state index in [9.17, 15) is 24.0 Å². The van der Waals surface area contributed by atoms with Crippen LogP contribution in [0.15, 0.2) is 41.2 Å². The number of para-hydroxylation sites is 1. The molecular weight excluding hydrogens is 482 g/mol. The van der Waals surface area contributed by atoms with Crippen molar-refractivity contribution < 1.29 is 33.8 Å². The van der Waals surface area contributed by atoms with Crippen molar-refractivity contribution in [2.45, 2.75) is 44.9 Å². The molecule has 190 valence electrons. The molecule has 0 aliphatic carbocycles. The van der Waals surface area contributed by atoms with E-state index in [0.717, 1.165) is 16.5 Å². The van der Waals surface area contributed by atoms with Crippen molar-refractivity contribution in [3.8, 4) is 11.4 Å². The second-order valence-corrected chi connectivity index (χ2v) is 8.90. The van der Waals surface area contributed by atoms with Crippen molar-refractivity contribution in [1.29, 1.82) is 0 Å². The van der Waals surface area contributed by atoms with Gasteiger partial charge in [0, 0.05) is 22.9 Å². The topological polar surface area (TPSA) is 154 Å². The smallest absolute Gasteiger partial charge is 0.355 e. The van der Waals surface area contributed by atoms with Crippen LogP contribution in [-0.4, -0.2) is 45.0 Å². The van der Waals surface area contributed by atoms with Crippen molar-refractivity contribution in [2.24, 2.45) is 0 Å². The number of fused-ring (bicyclic) bond motifs is 5. The zero-order valence-corrected chi connectivity index (χ0v) is 19.9. The number of aromatic nitrogens is 2. The van der Waals surface area contributed by atoms with Gasteiger partial charge < -0.3 is 24.5 Å². The maximum Gasteiger partial charge on any atom is 0.355 e. The third kappa shape index (κ3) is 4.11. The highest BCUT2D eigenvalue weighted by atomic mass is 16.6. The van der Waals surface area contributed by atoms with Gasteiger partial charge in [-0.05, 0) is 24.6 Å². The van der Waals surface area contributed by atoms with Crippen LogP contribution in [0.25, 0.3) is 22.3 Å². The minimum Gasteiger partial charge on any atom is -0.481 e. The Balaban J connectivity index is 1.51. The molecule has 11 nitrogen and oxygen atoms in total. The molecule has 4 heterocycles. The van der Waals surface area contributed by atoms with E-state index in [4.69, 9.17) is 19.6 Å². The first-order valence-corrected chi connectivity index (χ1v) is 11.8. The molecule has 0 radical (unpaired) electrons. The third-order valence-corrected chi connectivity index (χ3v) is 6.67. The molecule has 0 spiro atoms. The Bertz CT molecular complexity index is 1540. The number of ether oxygens (including phenoxy) is 2. The summed E-state index contributed by atoms with van der Waals surface area (Å²) in [6.45, 7) is 1.09. The Kier molecular flexibility index (Phi) is 5.98. The van der Waals surface area contributed by atoms with E-state index < -0.39 is 36.0 Å². The van der Waals surface area contributed by atoms with Gasteiger partial charge in [0.2, 0.25) is 11.5 Å². The largest absolute Gasteiger partial charge is 0.481 e. The molecule has 2 aliphatic rings. The van der Waals surface area contributed by atoms with Crippen LogP contribution < -0.4 is 10.9 Å². The fraction of sp³-hybridized carbons (Fsp3) is 0.308. The van der Waals surface area contributed by atoms with Crippen molar-refractivity contribution in [3.05, 3.63) is 63.4 Å². The number of aliphatic carboxylic acids is 1. The quantitative estimate of drug-likeness (QED) is 0.357. The monoisotopic (exact) mass is 505 g/mol. The molecule has 1 unspecified atom stereocenters. The highest BCUT2D eigenvalue weighted by Crippen LogP contribution is 2.40. The van der Waals surface area contributed by atoms with E-state index >= 15 is 0 Å². The number of hydrogen-bond donors (Lipinski definition) is 2. The molecule has 37 heavy (non-hydrogen) atoms. The minimum absolute atomic E-state index is 0.0154. The first-order valence-electron chi connectivity index (χ1n) is 11.8. The van der Waals surface area contributed by atoms with Crippen LogP contribution >= 0.6 is 0 Å². The molecular formula is C26H23N3O8. The van der Waals surface area contributed by atoms with Crippen LogP contribution in [0.4, 0.5) is 0 Å². The van der Waals surface area contributed by atoms with Crippen molar-refractivity contribution in [2.75, 3.05) is 6.54 Å². The molecule has 1 aromatic carbocycles. The number of rotatable bonds is 7. The number of nitrogens with one attached hydrogen (secondary N) is 1. The average molecular weight is 505 g/mol. The molecule has 3 aromatic rings. The highest BCUT2D eigenvalue weighted by Gasteiger charge is 2.50. The van der Waals surface area contributed by atoms with Gasteiger partial charge in [0.05, 0.1) is 35.4 Å². The zero-order valence-electron chi connectivity index (χ0n) is 19.9. The SMILES string of the molecule is CCC1(OC(=O)CNC(=O)CCC(=O)O)C(=O)OCc2c1cc1n(c2=O)Cc2cc3ccccc3nc2-1. The lowest BCUT2D eigenvalue weighted by atomic mass is 9.85. The number of carbonyl (C=O) groups excluding carboxylic acids is 3. The van der Waals surface area contributed by atoms with Crippen LogP contribution in [0.3, 0.4) is 0 Å². The van der Waals surface area contributed by atoms with E-state index in [-0.39, 0.29) is 42.6 Å². The van der Waals surface area contributed by atoms with Crippen LogP contribution in [0.1, 0.15) is 42.9 Å². The van der Waals surface area contributed by atoms with Gasteiger partial charge in [0.1, 0.15) is 13.2 Å². The van der Waals surface area contributed by atoms with Crippen LogP contribution in [0.2, 0.25) is 0 Å². The first kappa shape index (κ1) is 24.2. The number of carboxylic acids is 1. The van der Waals surface area contributed by atoms with E-state index in [0.29, 0.717) is 17.9 Å². The Morgan fingerprint density at radius 2 is 1.97 bits per heavy atom. The molecule has 2 N–H and O–H groups in total. The molecule has 2 aliphatic heterocycles. The first-order chi connectivity index (χ1) is 17.7. The highest BCUT2D eigenvalue weighted by molar-refractivity contribution is 5.90. The summed E-state index contributed by atoms with van der Waals surface area (Å²) in [6, 6.07) is 11.2. The van der Waals surface area contributed by atoms with Gasteiger partial charge in [0.25, 0.3) is 5.56 Å². The van der Waals surface area contributed by atoms with Crippen LogP contribution in [0.5, 0.6) is 0 Å². The molecule has 0 saturated heterocycles. The summed E-state index contributed by atoms with van der Waals surface area (Å²) in [7, 11) is 0. The summed E-state index contributed by atoms with van der Waals surface area (Å²) >= 11 is 0. The molecule has 0 fully saturated rings. The lowest BCUT2D eigenvalue weighted by Crippen LogP contribution is -2.48. The second-order valence-electron chi connectivity index (χ2n) is 8.90. The third-order valence-electron chi connectivity index (χ3n) is 6.67. The molecule has 0 bridgehead atoms. The normalized spacial score (nSPS) is 17.4. The summed E-state index contributed by atoms with van der Waals surface area (Å²) in [5.41, 5.74) is 0.925. The van der Waals surface area contributed by atoms with Crippen molar-refractivity contribution in [1.82, 2.24) is 14.9 Å². The predicted molar refractivity (Wildman–Crippen MR) is 128 cm³/mol. The Hall–Kier alpha value is -4.54. The zero-order chi connectivity index (χ0) is 26.3. The molecule has 2 aromatic heterocycles. The number of nitrogens with zero attached hydrogens (tertiary/aromatic N) is 2. The summed E-state index contributed by atoms with van der Waals surface area (Å²) < 4.78 is 12.5. The fourth-order valence-electron chi connectivity index (χ4n) is 4.79. The minimum atomic E-state index is -1.88. The van der Waals surface area contributed by atoms with Gasteiger partial charge >= 0.3 is 17.9 Å². The number of hydrogen-bond acceptors (Lipinski definition) is 8. The van der Waals surface area contributed by atoms with E-state index in [1.807, 2.05) is 30.3 Å². The lowest BCUT2D eigenvalue weighted by molar-refractivity contribution is -0.189. The van der Waals surface area contributed by atoms with Crippen molar-refractivity contribution >= 4 is 34.7 Å². The van der Waals surface area contributed by atoms with Gasteiger partial charge in [-0.3, -0.25) is 19.2 Å². The maximum atomic E-state index is 13.5. The summed E-state index contributed by atoms with van der Waals surface area (Å²) in [5, 5.41) is 11.9. The average Bonchev–Trinajstić information content (AvgIpc) is 3.24. The van der Waals surface area contributed by atoms with E-state index in [2.05, 4.69) is 5.32 Å². The van der Waals surface area contributed by atoms with Gasteiger partial charge in [0.15, 0.2) is 0 Å². The summed E-state index contributed by atoms with van der Waals surface area (Å²) in [5.74, 6) is -3.54. The second kappa shape index (κ2) is 9.16. The maximum absolute atomic E-state index is 13.5. The Morgan fingerprint density at radius 1 is 1.19 bits per heavy atom. The molecule has 11 heteroatoms. The van der Waals surface area contributed by atoms with E-state index in [1.165, 1.54) is 0 Å².